The third-order valence-electron chi connectivity index (χ3n) is 4.66. The molecule has 0 aliphatic carbocycles. The van der Waals surface area contributed by atoms with Gasteiger partial charge in [-0.25, -0.2) is 8.42 Å². The van der Waals surface area contributed by atoms with E-state index in [0.717, 1.165) is 30.4 Å². The zero-order chi connectivity index (χ0) is 21.7. The second-order valence-corrected chi connectivity index (χ2v) is 9.48. The highest BCUT2D eigenvalue weighted by Gasteiger charge is 2.34. The number of ether oxygens (including phenoxy) is 2. The summed E-state index contributed by atoms with van der Waals surface area (Å²) in [6, 6.07) is 14.7. The zero-order valence-electron chi connectivity index (χ0n) is 17.5. The second kappa shape index (κ2) is 9.38. The lowest BCUT2D eigenvalue weighted by atomic mass is 10.1. The van der Waals surface area contributed by atoms with Crippen LogP contribution in [-0.2, 0) is 21.2 Å². The first kappa shape index (κ1) is 22.0. The van der Waals surface area contributed by atoms with Crippen LogP contribution in [0.2, 0.25) is 0 Å². The van der Waals surface area contributed by atoms with E-state index in [1.165, 1.54) is 4.31 Å². The number of rotatable bonds is 8. The number of aryl methyl sites for hydroxylation is 1. The Bertz CT molecular complexity index is 973. The standard InChI is InChI=1S/C22H28N2O5S/c1-16(2)28-18-12-10-17(11-13-18)7-6-14-23-22(25)21-15-24(30(3,26)27)19-8-4-5-9-20(19)29-21/h4-5,8-13,16,21H,6-7,14-15H2,1-3H3,(H,23,25). The van der Waals surface area contributed by atoms with E-state index in [9.17, 15) is 13.2 Å². The summed E-state index contributed by atoms with van der Waals surface area (Å²) in [7, 11) is -3.52. The lowest BCUT2D eigenvalue weighted by Crippen LogP contribution is -2.50. The third-order valence-corrected chi connectivity index (χ3v) is 5.81. The van der Waals surface area contributed by atoms with Crippen LogP contribution in [0, 0.1) is 0 Å². The minimum absolute atomic E-state index is 0.0427. The number of carbonyl (C=O) groups excluding carboxylic acids is 1. The van der Waals surface area contributed by atoms with Crippen LogP contribution in [0.15, 0.2) is 48.5 Å². The number of sulfonamides is 1. The highest BCUT2D eigenvalue weighted by atomic mass is 32.2. The molecule has 1 heterocycles. The highest BCUT2D eigenvalue weighted by molar-refractivity contribution is 7.92. The van der Waals surface area contributed by atoms with E-state index in [1.54, 1.807) is 24.3 Å². The molecule has 0 fully saturated rings. The summed E-state index contributed by atoms with van der Waals surface area (Å²) < 4.78 is 36.9. The van der Waals surface area contributed by atoms with E-state index in [1.807, 2.05) is 38.1 Å². The lowest BCUT2D eigenvalue weighted by Gasteiger charge is -2.33. The maximum absolute atomic E-state index is 12.6. The van der Waals surface area contributed by atoms with Crippen LogP contribution in [0.5, 0.6) is 11.5 Å². The van der Waals surface area contributed by atoms with E-state index in [0.29, 0.717) is 18.0 Å². The number of anilines is 1. The van der Waals surface area contributed by atoms with Crippen molar-refractivity contribution < 1.29 is 22.7 Å². The number of hydrogen-bond donors (Lipinski definition) is 1. The molecule has 2 aromatic carbocycles. The molecule has 7 nitrogen and oxygen atoms in total. The molecule has 162 valence electrons. The van der Waals surface area contributed by atoms with Crippen LogP contribution in [0.25, 0.3) is 0 Å². The fraction of sp³-hybridized carbons (Fsp3) is 0.409. The molecule has 0 saturated carbocycles. The van der Waals surface area contributed by atoms with Crippen molar-refractivity contribution in [1.29, 1.82) is 0 Å². The molecule has 8 heteroatoms. The fourth-order valence-electron chi connectivity index (χ4n) is 3.28. The average molecular weight is 433 g/mol. The van der Waals surface area contributed by atoms with Gasteiger partial charge in [0.15, 0.2) is 6.10 Å². The Kier molecular flexibility index (Phi) is 6.87. The molecule has 1 N–H and O–H groups in total. The normalized spacial score (nSPS) is 16.0. The van der Waals surface area contributed by atoms with E-state index < -0.39 is 16.1 Å². The number of benzene rings is 2. The number of nitrogens with zero attached hydrogens (tertiary/aromatic N) is 1. The molecule has 2 aromatic rings. The minimum Gasteiger partial charge on any atom is -0.491 e. The van der Waals surface area contributed by atoms with Gasteiger partial charge in [0.25, 0.3) is 5.91 Å². The van der Waals surface area contributed by atoms with Gasteiger partial charge in [-0.2, -0.15) is 0 Å². The molecular weight excluding hydrogens is 404 g/mol. The lowest BCUT2D eigenvalue weighted by molar-refractivity contribution is -0.127. The van der Waals surface area contributed by atoms with Gasteiger partial charge in [0.2, 0.25) is 10.0 Å². The molecule has 1 amide bonds. The van der Waals surface area contributed by atoms with Crippen molar-refractivity contribution in [2.24, 2.45) is 0 Å². The van der Waals surface area contributed by atoms with Crippen molar-refractivity contribution in [2.45, 2.75) is 38.9 Å². The summed E-state index contributed by atoms with van der Waals surface area (Å²) in [6.07, 6.45) is 1.95. The summed E-state index contributed by atoms with van der Waals surface area (Å²) in [5, 5.41) is 2.85. The molecule has 0 saturated heterocycles. The monoisotopic (exact) mass is 432 g/mol. The maximum Gasteiger partial charge on any atom is 0.263 e. The number of amides is 1. The van der Waals surface area contributed by atoms with Gasteiger partial charge in [-0.1, -0.05) is 24.3 Å². The van der Waals surface area contributed by atoms with Gasteiger partial charge in [0.05, 0.1) is 24.6 Å². The first-order valence-corrected chi connectivity index (χ1v) is 11.9. The first-order chi connectivity index (χ1) is 14.2. The summed E-state index contributed by atoms with van der Waals surface area (Å²) in [4.78, 5) is 12.6. The van der Waals surface area contributed by atoms with Gasteiger partial charge in [0, 0.05) is 6.54 Å². The van der Waals surface area contributed by atoms with Crippen LogP contribution in [0.1, 0.15) is 25.8 Å². The van der Waals surface area contributed by atoms with Crippen LogP contribution in [-0.4, -0.2) is 45.9 Å². The number of hydrogen-bond acceptors (Lipinski definition) is 5. The van der Waals surface area contributed by atoms with E-state index in [2.05, 4.69) is 5.32 Å². The van der Waals surface area contributed by atoms with Crippen molar-refractivity contribution in [3.63, 3.8) is 0 Å². The molecule has 0 radical (unpaired) electrons. The van der Waals surface area contributed by atoms with E-state index in [-0.39, 0.29) is 18.6 Å². The number of carbonyl (C=O) groups is 1. The van der Waals surface area contributed by atoms with Crippen LogP contribution in [0.4, 0.5) is 5.69 Å². The maximum atomic E-state index is 12.6. The predicted octanol–water partition coefficient (Wildman–Crippen LogP) is 2.75. The molecule has 30 heavy (non-hydrogen) atoms. The van der Waals surface area contributed by atoms with Crippen molar-refractivity contribution >= 4 is 21.6 Å². The van der Waals surface area contributed by atoms with Gasteiger partial charge in [-0.3, -0.25) is 9.10 Å². The quantitative estimate of drug-likeness (QED) is 0.649. The Balaban J connectivity index is 1.52. The van der Waals surface area contributed by atoms with Crippen LogP contribution in [0.3, 0.4) is 0 Å². The Morgan fingerprint density at radius 1 is 1.20 bits per heavy atom. The van der Waals surface area contributed by atoms with Crippen molar-refractivity contribution in [3.05, 3.63) is 54.1 Å². The molecule has 0 bridgehead atoms. The average Bonchev–Trinajstić information content (AvgIpc) is 2.70. The zero-order valence-corrected chi connectivity index (χ0v) is 18.3. The van der Waals surface area contributed by atoms with Gasteiger partial charge in [-0.05, 0) is 56.5 Å². The van der Waals surface area contributed by atoms with Gasteiger partial charge >= 0.3 is 0 Å². The third kappa shape index (κ3) is 5.66. The summed E-state index contributed by atoms with van der Waals surface area (Å²) in [5.74, 6) is 0.907. The van der Waals surface area contributed by atoms with Crippen molar-refractivity contribution in [3.8, 4) is 11.5 Å². The second-order valence-electron chi connectivity index (χ2n) is 7.57. The Hall–Kier alpha value is -2.74. The van der Waals surface area contributed by atoms with E-state index >= 15 is 0 Å². The molecule has 1 aliphatic heterocycles. The molecule has 1 aliphatic rings. The summed E-state index contributed by atoms with van der Waals surface area (Å²) in [5.41, 5.74) is 1.61. The van der Waals surface area contributed by atoms with Crippen LogP contribution < -0.4 is 19.1 Å². The fourth-order valence-corrected chi connectivity index (χ4v) is 4.19. The predicted molar refractivity (Wildman–Crippen MR) is 117 cm³/mol. The Labute approximate surface area is 178 Å². The highest BCUT2D eigenvalue weighted by Crippen LogP contribution is 2.34. The summed E-state index contributed by atoms with van der Waals surface area (Å²) in [6.45, 7) is 4.41. The molecule has 0 spiro atoms. The topological polar surface area (TPSA) is 84.9 Å². The van der Waals surface area contributed by atoms with Gasteiger partial charge < -0.3 is 14.8 Å². The molecular formula is C22H28N2O5S. The SMILES string of the molecule is CC(C)Oc1ccc(CCCNC(=O)C2CN(S(C)(=O)=O)c3ccccc3O2)cc1. The van der Waals surface area contributed by atoms with Gasteiger partial charge in [-0.15, -0.1) is 0 Å². The smallest absolute Gasteiger partial charge is 0.263 e. The molecule has 0 aromatic heterocycles. The summed E-state index contributed by atoms with van der Waals surface area (Å²) >= 11 is 0. The number of fused-ring (bicyclic) bond motifs is 1. The van der Waals surface area contributed by atoms with Crippen LogP contribution >= 0.6 is 0 Å². The molecule has 3 rings (SSSR count). The molecule has 1 unspecified atom stereocenters. The Morgan fingerprint density at radius 3 is 2.57 bits per heavy atom. The number of nitrogens with one attached hydrogen (secondary N) is 1. The largest absolute Gasteiger partial charge is 0.491 e. The number of para-hydroxylation sites is 2. The van der Waals surface area contributed by atoms with Gasteiger partial charge in [0.1, 0.15) is 11.5 Å². The molecule has 1 atom stereocenters. The van der Waals surface area contributed by atoms with Crippen molar-refractivity contribution in [1.82, 2.24) is 5.32 Å². The van der Waals surface area contributed by atoms with Crippen molar-refractivity contribution in [2.75, 3.05) is 23.7 Å². The van der Waals surface area contributed by atoms with E-state index in [4.69, 9.17) is 9.47 Å². The Morgan fingerprint density at radius 2 is 1.90 bits per heavy atom. The minimum atomic E-state index is -3.52. The first-order valence-electron chi connectivity index (χ1n) is 10.0.